The molecule has 4 heteroatoms. The maximum atomic E-state index is 12.3. The monoisotopic (exact) mass is 332 g/mol. The fraction of sp³-hybridized carbons (Fsp3) is 0.143. The van der Waals surface area contributed by atoms with E-state index >= 15 is 0 Å². The quantitative estimate of drug-likeness (QED) is 0.473. The number of nitriles is 1. The minimum Gasteiger partial charge on any atom is -0.490 e. The van der Waals surface area contributed by atoms with Crippen LogP contribution in [0.4, 0.5) is 0 Å². The molecule has 2 rings (SSSR count). The first kappa shape index (κ1) is 18.0. The molecule has 126 valence electrons. The number of nitrogens with one attached hydrogen (secondary N) is 1. The van der Waals surface area contributed by atoms with Crippen molar-refractivity contribution >= 4 is 12.0 Å². The number of rotatable bonds is 7. The van der Waals surface area contributed by atoms with E-state index in [1.54, 1.807) is 36.4 Å². The number of amides is 1. The van der Waals surface area contributed by atoms with Gasteiger partial charge in [0.15, 0.2) is 0 Å². The normalized spacial score (nSPS) is 11.9. The third-order valence-electron chi connectivity index (χ3n) is 3.57. The average molecular weight is 332 g/mol. The first-order valence-electron chi connectivity index (χ1n) is 7.95. The Morgan fingerprint density at radius 1 is 1.24 bits per heavy atom. The van der Waals surface area contributed by atoms with Crippen LogP contribution in [-0.2, 0) is 4.79 Å². The van der Waals surface area contributed by atoms with Gasteiger partial charge < -0.3 is 10.1 Å². The molecule has 0 unspecified atom stereocenters. The van der Waals surface area contributed by atoms with E-state index in [4.69, 9.17) is 4.74 Å². The average Bonchev–Trinajstić information content (AvgIpc) is 2.65. The van der Waals surface area contributed by atoms with Crippen LogP contribution in [0.2, 0.25) is 0 Å². The molecule has 25 heavy (non-hydrogen) atoms. The van der Waals surface area contributed by atoms with E-state index in [0.29, 0.717) is 12.4 Å². The fourth-order valence-corrected chi connectivity index (χ4v) is 2.23. The van der Waals surface area contributed by atoms with Crippen LogP contribution in [0, 0.1) is 11.3 Å². The van der Waals surface area contributed by atoms with Gasteiger partial charge in [0.2, 0.25) is 0 Å². The molecule has 0 aliphatic carbocycles. The molecular formula is C21H20N2O2. The van der Waals surface area contributed by atoms with Crippen molar-refractivity contribution in [1.29, 1.82) is 5.26 Å². The highest BCUT2D eigenvalue weighted by molar-refractivity contribution is 6.01. The van der Waals surface area contributed by atoms with E-state index < -0.39 is 5.91 Å². The molecule has 0 saturated heterocycles. The van der Waals surface area contributed by atoms with Gasteiger partial charge in [0.25, 0.3) is 5.91 Å². The molecule has 1 amide bonds. The Morgan fingerprint density at radius 2 is 1.92 bits per heavy atom. The highest BCUT2D eigenvalue weighted by Crippen LogP contribution is 2.16. The molecule has 0 fully saturated rings. The van der Waals surface area contributed by atoms with Gasteiger partial charge in [-0.2, -0.15) is 5.26 Å². The lowest BCUT2D eigenvalue weighted by Crippen LogP contribution is -2.27. The third kappa shape index (κ3) is 5.36. The van der Waals surface area contributed by atoms with Gasteiger partial charge in [0, 0.05) is 0 Å². The summed E-state index contributed by atoms with van der Waals surface area (Å²) in [6, 6.07) is 18.6. The summed E-state index contributed by atoms with van der Waals surface area (Å²) in [6.45, 7) is 5.91. The van der Waals surface area contributed by atoms with E-state index in [2.05, 4.69) is 11.9 Å². The minimum absolute atomic E-state index is 0.0579. The Balaban J connectivity index is 2.07. The molecule has 2 aromatic rings. The molecule has 1 atom stereocenters. The summed E-state index contributed by atoms with van der Waals surface area (Å²) < 4.78 is 5.41. The summed E-state index contributed by atoms with van der Waals surface area (Å²) in [5.41, 5.74) is 1.80. The zero-order valence-corrected chi connectivity index (χ0v) is 14.1. The Bertz CT molecular complexity index is 787. The Hall–Kier alpha value is -3.32. The maximum Gasteiger partial charge on any atom is 0.262 e. The molecule has 4 nitrogen and oxygen atoms in total. The predicted octanol–water partition coefficient (Wildman–Crippen LogP) is 4.04. The number of ether oxygens (including phenoxy) is 1. The van der Waals surface area contributed by atoms with Gasteiger partial charge in [-0.3, -0.25) is 4.79 Å². The molecular weight excluding hydrogens is 312 g/mol. The van der Waals surface area contributed by atoms with Gasteiger partial charge in [-0.05, 0) is 36.3 Å². The first-order valence-corrected chi connectivity index (χ1v) is 7.95. The van der Waals surface area contributed by atoms with E-state index in [-0.39, 0.29) is 11.6 Å². The molecule has 1 N–H and O–H groups in total. The number of nitrogens with zero attached hydrogens (tertiary/aromatic N) is 1. The lowest BCUT2D eigenvalue weighted by atomic mass is 10.1. The van der Waals surface area contributed by atoms with Gasteiger partial charge in [0.1, 0.15) is 24.0 Å². The number of carbonyl (C=O) groups excluding carboxylic acids is 1. The number of benzene rings is 2. The van der Waals surface area contributed by atoms with Gasteiger partial charge in [-0.15, -0.1) is 0 Å². The summed E-state index contributed by atoms with van der Waals surface area (Å²) >= 11 is 0. The smallest absolute Gasteiger partial charge is 0.262 e. The van der Waals surface area contributed by atoms with Crippen molar-refractivity contribution in [3.8, 4) is 11.8 Å². The third-order valence-corrected chi connectivity index (χ3v) is 3.57. The van der Waals surface area contributed by atoms with Crippen LogP contribution >= 0.6 is 0 Å². The summed E-state index contributed by atoms with van der Waals surface area (Å²) in [4.78, 5) is 12.3. The second-order valence-electron chi connectivity index (χ2n) is 5.44. The van der Waals surface area contributed by atoms with Crippen molar-refractivity contribution in [3.05, 3.63) is 84.0 Å². The van der Waals surface area contributed by atoms with E-state index in [0.717, 1.165) is 11.1 Å². The molecule has 0 aliphatic rings. The van der Waals surface area contributed by atoms with Crippen LogP contribution in [-0.4, -0.2) is 12.5 Å². The Morgan fingerprint density at radius 3 is 2.52 bits per heavy atom. The SMILES string of the molecule is C=CCOc1ccc(/C=C(\C#N)C(=O)N[C@H](C)c2ccccc2)cc1. The molecule has 0 saturated carbocycles. The Labute approximate surface area is 148 Å². The van der Waals surface area contributed by atoms with Crippen LogP contribution < -0.4 is 10.1 Å². The molecule has 2 aromatic carbocycles. The minimum atomic E-state index is -0.397. The largest absolute Gasteiger partial charge is 0.490 e. The highest BCUT2D eigenvalue weighted by Gasteiger charge is 2.13. The van der Waals surface area contributed by atoms with Crippen molar-refractivity contribution in [1.82, 2.24) is 5.32 Å². The standard InChI is InChI=1S/C21H20N2O2/c1-3-13-25-20-11-9-17(10-12-20)14-19(15-22)21(24)23-16(2)18-7-5-4-6-8-18/h3-12,14,16H,1,13H2,2H3,(H,23,24)/b19-14+/t16-/m1/s1. The van der Waals surface area contributed by atoms with Crippen LogP contribution in [0.5, 0.6) is 5.75 Å². The van der Waals surface area contributed by atoms with Crippen molar-refractivity contribution in [2.24, 2.45) is 0 Å². The van der Waals surface area contributed by atoms with Gasteiger partial charge in [-0.25, -0.2) is 0 Å². The van der Waals surface area contributed by atoms with Gasteiger partial charge in [-0.1, -0.05) is 55.1 Å². The topological polar surface area (TPSA) is 62.1 Å². The van der Waals surface area contributed by atoms with E-state index in [9.17, 15) is 10.1 Å². The fourth-order valence-electron chi connectivity index (χ4n) is 2.23. The lowest BCUT2D eigenvalue weighted by molar-refractivity contribution is -0.117. The molecule has 0 aliphatic heterocycles. The summed E-state index contributed by atoms with van der Waals surface area (Å²) in [5.74, 6) is 0.309. The van der Waals surface area contributed by atoms with Crippen molar-refractivity contribution < 1.29 is 9.53 Å². The maximum absolute atomic E-state index is 12.3. The number of carbonyl (C=O) groups is 1. The second kappa shape index (κ2) is 9.09. The van der Waals surface area contributed by atoms with Crippen LogP contribution in [0.3, 0.4) is 0 Å². The van der Waals surface area contributed by atoms with E-state index in [1.165, 1.54) is 0 Å². The number of hydrogen-bond acceptors (Lipinski definition) is 3. The molecule has 0 radical (unpaired) electrons. The van der Waals surface area contributed by atoms with Crippen molar-refractivity contribution in [2.45, 2.75) is 13.0 Å². The van der Waals surface area contributed by atoms with Gasteiger partial charge in [0.05, 0.1) is 6.04 Å². The van der Waals surface area contributed by atoms with Crippen LogP contribution in [0.15, 0.2) is 72.8 Å². The highest BCUT2D eigenvalue weighted by atomic mass is 16.5. The molecule has 0 heterocycles. The zero-order valence-electron chi connectivity index (χ0n) is 14.1. The second-order valence-corrected chi connectivity index (χ2v) is 5.44. The van der Waals surface area contributed by atoms with E-state index in [1.807, 2.05) is 43.3 Å². The van der Waals surface area contributed by atoms with Gasteiger partial charge >= 0.3 is 0 Å². The van der Waals surface area contributed by atoms with Crippen molar-refractivity contribution in [3.63, 3.8) is 0 Å². The lowest BCUT2D eigenvalue weighted by Gasteiger charge is -2.13. The molecule has 0 spiro atoms. The van der Waals surface area contributed by atoms with Crippen LogP contribution in [0.1, 0.15) is 24.1 Å². The van der Waals surface area contributed by atoms with Crippen molar-refractivity contribution in [2.75, 3.05) is 6.61 Å². The summed E-state index contributed by atoms with van der Waals surface area (Å²) in [7, 11) is 0. The zero-order chi connectivity index (χ0) is 18.1. The number of hydrogen-bond donors (Lipinski definition) is 1. The molecule has 0 bridgehead atoms. The predicted molar refractivity (Wildman–Crippen MR) is 98.7 cm³/mol. The Kier molecular flexibility index (Phi) is 6.56. The first-order chi connectivity index (χ1) is 12.1. The summed E-state index contributed by atoms with van der Waals surface area (Å²) in [5, 5.41) is 12.1. The summed E-state index contributed by atoms with van der Waals surface area (Å²) in [6.07, 6.45) is 3.23. The molecule has 0 aromatic heterocycles. The van der Waals surface area contributed by atoms with Crippen LogP contribution in [0.25, 0.3) is 6.08 Å².